The van der Waals surface area contributed by atoms with Crippen molar-refractivity contribution in [3.63, 3.8) is 0 Å². The monoisotopic (exact) mass is 1340 g/mol. The summed E-state index contributed by atoms with van der Waals surface area (Å²) in [7, 11) is 0. The quantitative estimate of drug-likeness (QED) is 0.0489. The van der Waals surface area contributed by atoms with Gasteiger partial charge in [-0.2, -0.15) is 0 Å². The zero-order valence-electron chi connectivity index (χ0n) is 57.9. The number of aryl methyl sites for hydroxylation is 2. The van der Waals surface area contributed by atoms with Gasteiger partial charge < -0.3 is 35.8 Å². The molecule has 0 saturated heterocycles. The summed E-state index contributed by atoms with van der Waals surface area (Å²) < 4.78 is 2.16. The van der Waals surface area contributed by atoms with Gasteiger partial charge in [0.15, 0.2) is 0 Å². The van der Waals surface area contributed by atoms with Gasteiger partial charge >= 0.3 is 0 Å². The van der Waals surface area contributed by atoms with Crippen LogP contribution in [0.5, 0.6) is 0 Å². The summed E-state index contributed by atoms with van der Waals surface area (Å²) in [5, 5.41) is 14.2. The molecule has 0 spiro atoms. The van der Waals surface area contributed by atoms with Crippen LogP contribution >= 0.6 is 0 Å². The lowest BCUT2D eigenvalue weighted by atomic mass is 9.49. The number of unbranched alkanes of at least 4 members (excludes halogenated alkanes) is 2. The zero-order valence-corrected chi connectivity index (χ0v) is 57.9. The van der Waals surface area contributed by atoms with E-state index in [9.17, 15) is 4.79 Å². The maximum atomic E-state index is 15.3. The number of para-hydroxylation sites is 4. The number of nitrogens with zero attached hydrogens (tertiary/aromatic N) is 4. The molecule has 8 aromatic rings. The SMILES string of the molecule is Cc1nccn1CCCCCC(=O)Nc1ccccc1-c1c2nc(c(-c3ccccc3NC(=O)C34CC5CC(CC(C5)C3)C4)c3ccc([nH]3)c(-c3ccccc3NC(=O)C34CC5CC(CC(C5)C3)C4)c3nc(c(-c4ccccc4NC(=O)C45CC6CC(CC(C6)C4)C5)c4ccc1[nH]4)C=C3)C=C2. The molecule has 12 saturated carbocycles. The van der Waals surface area contributed by atoms with Crippen molar-refractivity contribution in [1.29, 1.82) is 0 Å². The van der Waals surface area contributed by atoms with Crippen molar-refractivity contribution in [2.75, 3.05) is 21.3 Å². The van der Waals surface area contributed by atoms with Crippen molar-refractivity contribution >= 4 is 92.7 Å². The van der Waals surface area contributed by atoms with Gasteiger partial charge in [-0.3, -0.25) is 19.2 Å². The smallest absolute Gasteiger partial charge is 0.230 e. The van der Waals surface area contributed by atoms with Gasteiger partial charge in [0.25, 0.3) is 0 Å². The minimum atomic E-state index is -0.394. The fourth-order valence-corrected chi connectivity index (χ4v) is 23.1. The molecule has 6 N–H and O–H groups in total. The molecular formula is C87H90N10O4. The van der Waals surface area contributed by atoms with Crippen LogP contribution in [0.3, 0.4) is 0 Å². The van der Waals surface area contributed by atoms with E-state index in [0.29, 0.717) is 88.1 Å². The Balaban J connectivity index is 0.806. The number of hydrogen-bond donors (Lipinski definition) is 6. The number of imidazole rings is 1. The van der Waals surface area contributed by atoms with E-state index in [1.54, 1.807) is 0 Å². The third-order valence-electron chi connectivity index (χ3n) is 26.3. The number of hydrogen-bond acceptors (Lipinski definition) is 7. The van der Waals surface area contributed by atoms with Crippen molar-refractivity contribution in [2.24, 2.45) is 69.5 Å². The summed E-state index contributed by atoms with van der Waals surface area (Å²) in [6.45, 7) is 2.87. The molecule has 0 radical (unpaired) electrons. The predicted octanol–water partition coefficient (Wildman–Crippen LogP) is 19.5. The number of aromatic nitrogens is 6. The van der Waals surface area contributed by atoms with Gasteiger partial charge in [0.05, 0.1) is 39.0 Å². The molecular weight excluding hydrogens is 1250 g/mol. The first-order chi connectivity index (χ1) is 49.3. The van der Waals surface area contributed by atoms with Crippen LogP contribution in [0.2, 0.25) is 0 Å². The zero-order chi connectivity index (χ0) is 67.7. The normalized spacial score (nSPS) is 28.0. The number of rotatable bonds is 17. The minimum Gasteiger partial charge on any atom is -0.354 e. The van der Waals surface area contributed by atoms with E-state index in [0.717, 1.165) is 173 Å². The molecule has 4 amide bonds. The van der Waals surface area contributed by atoms with Crippen LogP contribution in [0.4, 0.5) is 22.7 Å². The van der Waals surface area contributed by atoms with E-state index in [1.807, 2.05) is 86.0 Å². The van der Waals surface area contributed by atoms with Crippen LogP contribution in [-0.2, 0) is 25.7 Å². The standard InChI is InChI=1S/C87H90N10O4/c1-51-88-30-32-97(51)31-12-2-3-21-77(98)93-65-17-8-4-13-61(65)78-69-22-24-71(89-69)79(62-14-5-9-18-66(62)94-82(99)85-42-52-33-53(43-85)35-54(34-52)44-85)73-26-28-75(91-73)81(64-16-7-11-20-68(64)96-84(101)87-48-58-39-59(49-87)41-60(40-58)50-87)76-29-27-74(92-76)80(72-25-23-70(78)90-72)63-15-6-10-19-67(63)95-83(100)86-45-55-36-56(46-86)38-57(37-55)47-86/h4-11,13-20,22-30,32,52-60,89,92H,2-3,12,21,31,33-50H2,1H3,(H,93,98)(H,94,99)(H,95,100)(H,96,101). The van der Waals surface area contributed by atoms with Crippen molar-refractivity contribution in [3.05, 3.63) is 162 Å². The Morgan fingerprint density at radius 3 is 0.990 bits per heavy atom. The second kappa shape index (κ2) is 24.7. The summed E-state index contributed by atoms with van der Waals surface area (Å²) in [6.07, 6.45) is 34.8. The predicted molar refractivity (Wildman–Crippen MR) is 402 cm³/mol. The van der Waals surface area contributed by atoms with Crippen molar-refractivity contribution in [1.82, 2.24) is 29.5 Å². The fourth-order valence-electron chi connectivity index (χ4n) is 23.1. The molecule has 22 rings (SSSR count). The molecule has 2 aliphatic heterocycles. The summed E-state index contributed by atoms with van der Waals surface area (Å²) in [4.78, 5) is 84.2. The second-order valence-corrected chi connectivity index (χ2v) is 33.2. The van der Waals surface area contributed by atoms with Crippen LogP contribution < -0.4 is 21.3 Å². The maximum Gasteiger partial charge on any atom is 0.230 e. The number of carbonyl (C=O) groups is 4. The van der Waals surface area contributed by atoms with E-state index in [-0.39, 0.29) is 23.6 Å². The van der Waals surface area contributed by atoms with Crippen LogP contribution in [0.15, 0.2) is 134 Å². The van der Waals surface area contributed by atoms with Crippen LogP contribution in [-0.4, -0.2) is 53.1 Å². The number of nitrogens with one attached hydrogen (secondary N) is 6. The van der Waals surface area contributed by atoms with Gasteiger partial charge in [-0.1, -0.05) is 79.2 Å². The largest absolute Gasteiger partial charge is 0.354 e. The molecule has 6 heterocycles. The van der Waals surface area contributed by atoms with Crippen molar-refractivity contribution < 1.29 is 19.2 Å². The van der Waals surface area contributed by atoms with E-state index in [1.165, 1.54) is 57.8 Å². The molecule has 20 bridgehead atoms. The lowest BCUT2D eigenvalue weighted by molar-refractivity contribution is -0.141. The number of aromatic amines is 2. The highest BCUT2D eigenvalue weighted by Gasteiger charge is 2.57. The average Bonchev–Trinajstić information content (AvgIpc) is 1.60. The lowest BCUT2D eigenvalue weighted by Gasteiger charge is -2.55. The molecule has 512 valence electrons. The molecule has 4 aromatic carbocycles. The van der Waals surface area contributed by atoms with Crippen LogP contribution in [0.25, 0.3) is 90.9 Å². The van der Waals surface area contributed by atoms with Crippen molar-refractivity contribution in [2.45, 2.75) is 155 Å². The Morgan fingerprint density at radius 1 is 0.396 bits per heavy atom. The summed E-state index contributed by atoms with van der Waals surface area (Å²) in [6, 6.07) is 41.2. The van der Waals surface area contributed by atoms with Gasteiger partial charge in [-0.05, 0) is 261 Å². The molecule has 0 unspecified atom stereocenters. The first kappa shape index (κ1) is 62.6. The maximum absolute atomic E-state index is 15.3. The summed E-state index contributed by atoms with van der Waals surface area (Å²) in [5.41, 5.74) is 14.0. The van der Waals surface area contributed by atoms with E-state index in [2.05, 4.69) is 120 Å². The second-order valence-electron chi connectivity index (χ2n) is 33.2. The van der Waals surface area contributed by atoms with Crippen molar-refractivity contribution in [3.8, 4) is 44.5 Å². The Morgan fingerprint density at radius 2 is 0.693 bits per heavy atom. The third kappa shape index (κ3) is 11.2. The average molecular weight is 1340 g/mol. The number of fused-ring (bicyclic) bond motifs is 8. The highest BCUT2D eigenvalue weighted by Crippen LogP contribution is 2.63. The Bertz CT molecular complexity index is 4760. The van der Waals surface area contributed by atoms with Gasteiger partial charge in [0.2, 0.25) is 23.6 Å². The van der Waals surface area contributed by atoms with E-state index >= 15 is 14.4 Å². The number of amides is 4. The molecule has 101 heavy (non-hydrogen) atoms. The Hall–Kier alpha value is -9.43. The third-order valence-corrected chi connectivity index (χ3v) is 26.3. The first-order valence-corrected chi connectivity index (χ1v) is 38.1. The number of carbonyl (C=O) groups excluding carboxylic acids is 4. The lowest BCUT2D eigenvalue weighted by Crippen LogP contribution is -2.51. The number of H-pyrrole nitrogens is 2. The van der Waals surface area contributed by atoms with Gasteiger partial charge in [-0.15, -0.1) is 0 Å². The topological polar surface area (TPSA) is 192 Å². The van der Waals surface area contributed by atoms with Gasteiger partial charge in [-0.25, -0.2) is 15.0 Å². The van der Waals surface area contributed by atoms with E-state index < -0.39 is 16.2 Å². The molecule has 14 nitrogen and oxygen atoms in total. The van der Waals surface area contributed by atoms with Crippen LogP contribution in [0, 0.1) is 76.4 Å². The minimum absolute atomic E-state index is 0.0662. The first-order valence-electron chi connectivity index (χ1n) is 38.1. The molecule has 4 aromatic heterocycles. The Kier molecular flexibility index (Phi) is 15.3. The molecule has 12 aliphatic carbocycles. The van der Waals surface area contributed by atoms with E-state index in [4.69, 9.17) is 9.97 Å². The molecule has 14 aliphatic rings. The molecule has 14 heteroatoms. The van der Waals surface area contributed by atoms with Crippen LogP contribution in [0.1, 0.15) is 170 Å². The molecule has 0 atom stereocenters. The summed E-state index contributed by atoms with van der Waals surface area (Å²) in [5.74, 6) is 6.66. The highest BCUT2D eigenvalue weighted by atomic mass is 16.2. The number of anilines is 4. The fraction of sp³-hybridized carbons (Fsp3) is 0.414. The number of benzene rings is 4. The highest BCUT2D eigenvalue weighted by molar-refractivity contribution is 6.09. The Labute approximate surface area is 590 Å². The van der Waals surface area contributed by atoms with Gasteiger partial charge in [0, 0.05) is 115 Å². The summed E-state index contributed by atoms with van der Waals surface area (Å²) >= 11 is 0. The van der Waals surface area contributed by atoms with Gasteiger partial charge in [0.1, 0.15) is 5.82 Å². The molecule has 12 fully saturated rings.